The lowest BCUT2D eigenvalue weighted by molar-refractivity contribution is 0.214. The van der Waals surface area contributed by atoms with E-state index in [1.165, 1.54) is 6.20 Å². The molecule has 0 spiro atoms. The number of methoxy groups -OCH3 is 1. The van der Waals surface area contributed by atoms with E-state index in [2.05, 4.69) is 15.3 Å². The maximum Gasteiger partial charge on any atom is 0.357 e. The van der Waals surface area contributed by atoms with Crippen molar-refractivity contribution in [2.24, 2.45) is 0 Å². The Balaban J connectivity index is 1.59. The quantitative estimate of drug-likeness (QED) is 0.151. The normalized spacial score (nSPS) is 12.6. The fourth-order valence-electron chi connectivity index (χ4n) is 4.22. The number of fused-ring (bicyclic) bond motifs is 2. The Kier molecular flexibility index (Phi) is 7.67. The van der Waals surface area contributed by atoms with E-state index >= 15 is 0 Å². The van der Waals surface area contributed by atoms with Gasteiger partial charge in [-0.05, 0) is 50.2 Å². The molecule has 0 radical (unpaired) electrons. The molecule has 0 saturated heterocycles. The predicted octanol–water partition coefficient (Wildman–Crippen LogP) is 6.14. The van der Waals surface area contributed by atoms with Gasteiger partial charge in [-0.2, -0.15) is 0 Å². The summed E-state index contributed by atoms with van der Waals surface area (Å²) in [5.74, 6) is -0.592. The molecular formula is C27H26N3O7PS. The van der Waals surface area contributed by atoms with Crippen LogP contribution in [0.4, 0.5) is 5.13 Å². The number of benzene rings is 2. The minimum Gasteiger partial charge on any atom is -0.497 e. The van der Waals surface area contributed by atoms with E-state index in [-0.39, 0.29) is 18.8 Å². The molecule has 1 unspecified atom stereocenters. The van der Waals surface area contributed by atoms with Crippen LogP contribution in [0.5, 0.6) is 5.75 Å². The smallest absolute Gasteiger partial charge is 0.357 e. The molecular weight excluding hydrogens is 541 g/mol. The maximum absolute atomic E-state index is 14.0. The van der Waals surface area contributed by atoms with Gasteiger partial charge in [0.1, 0.15) is 11.3 Å². The number of aromatic nitrogens is 2. The third-order valence-corrected chi connectivity index (χ3v) is 9.22. The molecule has 3 aromatic heterocycles. The number of nitrogens with zero attached hydrogens (tertiary/aromatic N) is 1. The summed E-state index contributed by atoms with van der Waals surface area (Å²) in [5.41, 5.74) is 0.583. The van der Waals surface area contributed by atoms with Crippen molar-refractivity contribution in [1.29, 1.82) is 0 Å². The van der Waals surface area contributed by atoms with Gasteiger partial charge in [0.15, 0.2) is 10.9 Å². The Morgan fingerprint density at radius 3 is 2.56 bits per heavy atom. The van der Waals surface area contributed by atoms with Gasteiger partial charge in [0, 0.05) is 22.5 Å². The minimum atomic E-state index is -3.92. The number of thiazole rings is 1. The first-order chi connectivity index (χ1) is 18.8. The van der Waals surface area contributed by atoms with Crippen molar-refractivity contribution in [2.75, 3.05) is 25.6 Å². The highest BCUT2D eigenvalue weighted by Crippen LogP contribution is 2.60. The third kappa shape index (κ3) is 5.39. The number of hydrogen-bond donors (Lipinski definition) is 2. The molecule has 2 N–H and O–H groups in total. The van der Waals surface area contributed by atoms with E-state index in [1.54, 1.807) is 63.4 Å². The number of pyridine rings is 1. The van der Waals surface area contributed by atoms with Crippen LogP contribution in [0.1, 0.15) is 25.2 Å². The van der Waals surface area contributed by atoms with Gasteiger partial charge in [-0.15, -0.1) is 0 Å². The molecule has 5 rings (SSSR count). The van der Waals surface area contributed by atoms with Crippen LogP contribution in [0, 0.1) is 0 Å². The van der Waals surface area contributed by atoms with Crippen LogP contribution in [0.2, 0.25) is 0 Å². The molecule has 39 heavy (non-hydrogen) atoms. The van der Waals surface area contributed by atoms with Gasteiger partial charge >= 0.3 is 13.2 Å². The Morgan fingerprint density at radius 2 is 1.82 bits per heavy atom. The van der Waals surface area contributed by atoms with Crippen LogP contribution in [0.3, 0.4) is 0 Å². The number of hydrogen-bond acceptors (Lipinski definition) is 10. The highest BCUT2D eigenvalue weighted by Gasteiger charge is 2.39. The molecule has 0 amide bonds. The molecule has 2 aromatic carbocycles. The number of anilines is 1. The summed E-state index contributed by atoms with van der Waals surface area (Å²) in [6.45, 7) is 3.57. The lowest BCUT2D eigenvalue weighted by Crippen LogP contribution is -2.23. The average Bonchev–Trinajstić information content (AvgIpc) is 3.39. The van der Waals surface area contributed by atoms with Gasteiger partial charge in [-0.1, -0.05) is 29.5 Å². The predicted molar refractivity (Wildman–Crippen MR) is 152 cm³/mol. The molecule has 5 aromatic rings. The molecule has 3 heterocycles. The second kappa shape index (κ2) is 11.2. The zero-order valence-corrected chi connectivity index (χ0v) is 23.1. The Morgan fingerprint density at radius 1 is 1.05 bits per heavy atom. The summed E-state index contributed by atoms with van der Waals surface area (Å²) in [5, 5.41) is 4.85. The maximum atomic E-state index is 14.0. The van der Waals surface area contributed by atoms with Gasteiger partial charge in [-0.3, -0.25) is 9.36 Å². The van der Waals surface area contributed by atoms with E-state index < -0.39 is 24.6 Å². The molecule has 0 aliphatic heterocycles. The topological polar surface area (TPSA) is 133 Å². The fraction of sp³-hybridized carbons (Fsp3) is 0.222. The van der Waals surface area contributed by atoms with E-state index in [1.807, 2.05) is 12.1 Å². The first kappa shape index (κ1) is 26.8. The summed E-state index contributed by atoms with van der Waals surface area (Å²) in [6, 6.07) is 15.8. The van der Waals surface area contributed by atoms with Crippen molar-refractivity contribution in [3.63, 3.8) is 0 Å². The molecule has 202 valence electrons. The van der Waals surface area contributed by atoms with Crippen molar-refractivity contribution in [1.82, 2.24) is 9.97 Å². The monoisotopic (exact) mass is 567 g/mol. The average molecular weight is 568 g/mol. The van der Waals surface area contributed by atoms with E-state index in [4.69, 9.17) is 18.2 Å². The summed E-state index contributed by atoms with van der Waals surface area (Å²) < 4.78 is 36.1. The highest BCUT2D eigenvalue weighted by atomic mass is 32.1. The first-order valence-electron chi connectivity index (χ1n) is 12.2. The largest absolute Gasteiger partial charge is 0.497 e. The molecule has 1 atom stereocenters. The number of nitrogens with one attached hydrogen (secondary N) is 2. The van der Waals surface area contributed by atoms with Crippen molar-refractivity contribution in [3.05, 3.63) is 87.1 Å². The molecule has 12 heteroatoms. The van der Waals surface area contributed by atoms with Crippen LogP contribution >= 0.6 is 18.9 Å². The van der Waals surface area contributed by atoms with Crippen molar-refractivity contribution < 1.29 is 22.8 Å². The van der Waals surface area contributed by atoms with Crippen LogP contribution in [0.15, 0.2) is 74.8 Å². The minimum absolute atomic E-state index is 0.0933. The number of para-hydroxylation sites is 1. The standard InChI is InChI=1S/C27H26N3O7PS/c1-4-35-38(33,36-5-2)25(20-14-17-12-18(34-3)10-11-21(17)29-24(20)31)30-27-28-15-23(39-27)19-13-16-8-6-7-9-22(16)37-26(19)32/h6-15,25H,4-5H2,1-3H3,(H,28,30)(H,29,31). The van der Waals surface area contributed by atoms with Crippen LogP contribution in [-0.2, 0) is 13.6 Å². The molecule has 0 fully saturated rings. The second-order valence-electron chi connectivity index (χ2n) is 8.44. The number of ether oxygens (including phenoxy) is 1. The lowest BCUT2D eigenvalue weighted by Gasteiger charge is -2.26. The number of aromatic amines is 1. The van der Waals surface area contributed by atoms with Gasteiger partial charge < -0.3 is 28.5 Å². The molecule has 0 bridgehead atoms. The zero-order chi connectivity index (χ0) is 27.6. The summed E-state index contributed by atoms with van der Waals surface area (Å²) in [4.78, 5) is 33.7. The van der Waals surface area contributed by atoms with E-state index in [0.29, 0.717) is 37.8 Å². The van der Waals surface area contributed by atoms with Crippen LogP contribution < -0.4 is 21.2 Å². The molecule has 0 aliphatic carbocycles. The van der Waals surface area contributed by atoms with Crippen molar-refractivity contribution in [3.8, 4) is 16.2 Å². The van der Waals surface area contributed by atoms with E-state index in [0.717, 1.165) is 16.7 Å². The van der Waals surface area contributed by atoms with Crippen molar-refractivity contribution in [2.45, 2.75) is 19.6 Å². The van der Waals surface area contributed by atoms with E-state index in [9.17, 15) is 14.2 Å². The molecule has 0 aliphatic rings. The van der Waals surface area contributed by atoms with Crippen LogP contribution in [-0.4, -0.2) is 30.3 Å². The van der Waals surface area contributed by atoms with Crippen molar-refractivity contribution >= 4 is 45.9 Å². The number of H-pyrrole nitrogens is 1. The molecule has 10 nitrogen and oxygen atoms in total. The van der Waals surface area contributed by atoms with Gasteiger partial charge in [0.05, 0.1) is 36.3 Å². The summed E-state index contributed by atoms with van der Waals surface area (Å²) in [6.07, 6.45) is 1.52. The van der Waals surface area contributed by atoms with Gasteiger partial charge in [0.2, 0.25) is 0 Å². The number of rotatable bonds is 10. The molecule has 0 saturated carbocycles. The highest BCUT2D eigenvalue weighted by molar-refractivity contribution is 7.54. The first-order valence-corrected chi connectivity index (χ1v) is 14.6. The third-order valence-electron chi connectivity index (χ3n) is 5.98. The Hall–Kier alpha value is -3.76. The van der Waals surface area contributed by atoms with Gasteiger partial charge in [0.25, 0.3) is 5.56 Å². The zero-order valence-electron chi connectivity index (χ0n) is 21.4. The van der Waals surface area contributed by atoms with Crippen LogP contribution in [0.25, 0.3) is 32.3 Å². The Bertz CT molecular complexity index is 1800. The summed E-state index contributed by atoms with van der Waals surface area (Å²) in [7, 11) is -2.37. The summed E-state index contributed by atoms with van der Waals surface area (Å²) >= 11 is 1.15. The van der Waals surface area contributed by atoms with Gasteiger partial charge in [-0.25, -0.2) is 9.78 Å². The lowest BCUT2D eigenvalue weighted by atomic mass is 10.1. The Labute approximate surface area is 227 Å². The SMILES string of the molecule is CCOP(=O)(OCC)C(Nc1ncc(-c2cc3ccccc3oc2=O)s1)c1cc2cc(OC)ccc2[nH]c1=O. The second-order valence-corrected chi connectivity index (χ2v) is 11.6. The fourth-order valence-corrected chi connectivity index (χ4v) is 7.06.